The lowest BCUT2D eigenvalue weighted by Crippen LogP contribution is -2.36. The number of rotatable bonds is 3. The first-order valence-electron chi connectivity index (χ1n) is 9.37. The molecule has 6 nitrogen and oxygen atoms in total. The van der Waals surface area contributed by atoms with Crippen molar-refractivity contribution in [1.29, 1.82) is 0 Å². The van der Waals surface area contributed by atoms with Gasteiger partial charge in [-0.25, -0.2) is 0 Å². The number of hydrogen-bond acceptors (Lipinski definition) is 4. The summed E-state index contributed by atoms with van der Waals surface area (Å²) in [6, 6.07) is 15.8. The smallest absolute Gasteiger partial charge is 0.256 e. The summed E-state index contributed by atoms with van der Waals surface area (Å²) in [6.07, 6.45) is 4.81. The Balaban J connectivity index is 1.44. The van der Waals surface area contributed by atoms with E-state index in [1.165, 1.54) is 5.56 Å². The van der Waals surface area contributed by atoms with Crippen LogP contribution in [-0.4, -0.2) is 37.5 Å². The largest absolute Gasteiger partial charge is 0.334 e. The molecule has 0 bridgehead atoms. The van der Waals surface area contributed by atoms with Crippen molar-refractivity contribution in [2.75, 3.05) is 6.54 Å². The van der Waals surface area contributed by atoms with E-state index in [9.17, 15) is 4.79 Å². The first kappa shape index (κ1) is 16.6. The maximum Gasteiger partial charge on any atom is 0.256 e. The molecule has 0 saturated carbocycles. The Kier molecular flexibility index (Phi) is 4.09. The number of aromatic amines is 1. The van der Waals surface area contributed by atoms with E-state index in [-0.39, 0.29) is 5.91 Å². The van der Waals surface area contributed by atoms with Crippen molar-refractivity contribution in [1.82, 2.24) is 25.1 Å². The third-order valence-corrected chi connectivity index (χ3v) is 5.25. The highest BCUT2D eigenvalue weighted by molar-refractivity contribution is 6.04. The monoisotopic (exact) mass is 369 g/mol. The fraction of sp³-hybridized carbons (Fsp3) is 0.182. The molecule has 0 spiro atoms. The van der Waals surface area contributed by atoms with Crippen LogP contribution in [0.15, 0.2) is 60.9 Å². The molecule has 1 N–H and O–H groups in total. The van der Waals surface area contributed by atoms with Crippen LogP contribution in [0.5, 0.6) is 0 Å². The van der Waals surface area contributed by atoms with Crippen molar-refractivity contribution < 1.29 is 4.79 Å². The lowest BCUT2D eigenvalue weighted by atomic mass is 10.00. The van der Waals surface area contributed by atoms with Gasteiger partial charge in [0.25, 0.3) is 5.91 Å². The molecule has 2 aromatic carbocycles. The Morgan fingerprint density at radius 3 is 2.79 bits per heavy atom. The number of benzene rings is 2. The Morgan fingerprint density at radius 2 is 1.89 bits per heavy atom. The van der Waals surface area contributed by atoms with Crippen LogP contribution in [-0.2, 0) is 19.4 Å². The number of fused-ring (bicyclic) bond motifs is 2. The first-order valence-corrected chi connectivity index (χ1v) is 9.37. The lowest BCUT2D eigenvalue weighted by molar-refractivity contribution is 0.0735. The van der Waals surface area contributed by atoms with Crippen LogP contribution in [0.4, 0.5) is 0 Å². The van der Waals surface area contributed by atoms with Gasteiger partial charge in [-0.05, 0) is 17.7 Å². The maximum atomic E-state index is 13.2. The first-order chi connectivity index (χ1) is 13.8. The molecule has 28 heavy (non-hydrogen) atoms. The van der Waals surface area contributed by atoms with Crippen LogP contribution >= 0.6 is 0 Å². The van der Waals surface area contributed by atoms with Gasteiger partial charge in [-0.15, -0.1) is 0 Å². The molecule has 0 unspecified atom stereocenters. The fourth-order valence-electron chi connectivity index (χ4n) is 3.80. The van der Waals surface area contributed by atoms with E-state index in [2.05, 4.69) is 32.3 Å². The summed E-state index contributed by atoms with van der Waals surface area (Å²) in [4.78, 5) is 23.8. The molecule has 1 aliphatic heterocycles. The van der Waals surface area contributed by atoms with E-state index >= 15 is 0 Å². The highest BCUT2D eigenvalue weighted by Gasteiger charge is 2.27. The summed E-state index contributed by atoms with van der Waals surface area (Å²) >= 11 is 0. The number of nitrogens with zero attached hydrogens (tertiary/aromatic N) is 4. The fourth-order valence-corrected chi connectivity index (χ4v) is 3.80. The summed E-state index contributed by atoms with van der Waals surface area (Å²) in [6.45, 7) is 1.22. The molecular formula is C22H19N5O. The summed E-state index contributed by atoms with van der Waals surface area (Å²) in [7, 11) is 0. The van der Waals surface area contributed by atoms with E-state index in [1.54, 1.807) is 12.4 Å². The zero-order chi connectivity index (χ0) is 18.9. The van der Waals surface area contributed by atoms with Crippen molar-refractivity contribution >= 4 is 16.9 Å². The minimum Gasteiger partial charge on any atom is -0.334 e. The van der Waals surface area contributed by atoms with E-state index in [1.807, 2.05) is 41.3 Å². The van der Waals surface area contributed by atoms with Crippen LogP contribution in [0.3, 0.4) is 0 Å². The normalized spacial score (nSPS) is 13.5. The highest BCUT2D eigenvalue weighted by atomic mass is 16.2. The van der Waals surface area contributed by atoms with Gasteiger partial charge in [0.05, 0.1) is 16.8 Å². The Morgan fingerprint density at radius 1 is 1.04 bits per heavy atom. The van der Waals surface area contributed by atoms with Gasteiger partial charge in [0, 0.05) is 49.6 Å². The second-order valence-corrected chi connectivity index (χ2v) is 7.00. The van der Waals surface area contributed by atoms with E-state index in [4.69, 9.17) is 0 Å². The lowest BCUT2D eigenvalue weighted by Gasteiger charge is -2.27. The van der Waals surface area contributed by atoms with Gasteiger partial charge in [0.15, 0.2) is 0 Å². The van der Waals surface area contributed by atoms with Gasteiger partial charge in [0.2, 0.25) is 0 Å². The average Bonchev–Trinajstić information content (AvgIpc) is 3.15. The summed E-state index contributed by atoms with van der Waals surface area (Å²) < 4.78 is 0. The average molecular weight is 369 g/mol. The number of carbonyl (C=O) groups excluding carboxylic acids is 1. The van der Waals surface area contributed by atoms with E-state index < -0.39 is 0 Å². The van der Waals surface area contributed by atoms with E-state index in [0.29, 0.717) is 24.2 Å². The highest BCUT2D eigenvalue weighted by Crippen LogP contribution is 2.25. The molecule has 1 amide bonds. The zero-order valence-corrected chi connectivity index (χ0v) is 15.3. The van der Waals surface area contributed by atoms with Crippen molar-refractivity contribution in [2.45, 2.75) is 19.4 Å². The molecular weight excluding hydrogens is 350 g/mol. The van der Waals surface area contributed by atoms with Crippen LogP contribution in [0.1, 0.15) is 32.9 Å². The minimum absolute atomic E-state index is 0.0105. The van der Waals surface area contributed by atoms with Crippen molar-refractivity contribution in [3.8, 4) is 0 Å². The Bertz CT molecular complexity index is 1150. The number of carbonyl (C=O) groups is 1. The molecule has 6 heteroatoms. The molecule has 3 heterocycles. The molecule has 138 valence electrons. The number of H-pyrrole nitrogens is 1. The van der Waals surface area contributed by atoms with Gasteiger partial charge in [-0.1, -0.05) is 36.4 Å². The molecule has 0 saturated heterocycles. The molecule has 0 radical (unpaired) electrons. The molecule has 1 aliphatic rings. The molecule has 2 aromatic heterocycles. The second kappa shape index (κ2) is 6.88. The van der Waals surface area contributed by atoms with Crippen molar-refractivity contribution in [2.24, 2.45) is 0 Å². The predicted molar refractivity (Wildman–Crippen MR) is 106 cm³/mol. The van der Waals surface area contributed by atoms with Crippen molar-refractivity contribution in [3.63, 3.8) is 0 Å². The van der Waals surface area contributed by atoms with Crippen LogP contribution in [0.25, 0.3) is 11.0 Å². The van der Waals surface area contributed by atoms with Crippen molar-refractivity contribution in [3.05, 3.63) is 89.0 Å². The number of para-hydroxylation sites is 1. The number of aromatic nitrogens is 4. The van der Waals surface area contributed by atoms with Crippen LogP contribution in [0.2, 0.25) is 0 Å². The quantitative estimate of drug-likeness (QED) is 0.602. The standard InChI is InChI=1S/C22H19N5O/c28-22(16-7-4-8-19-21(16)24-11-10-23-19)27-12-9-18-17(14-27)20(26-25-18)13-15-5-2-1-3-6-15/h1-8,10-11H,9,12-14H2,(H,25,26). The molecule has 0 atom stereocenters. The third-order valence-electron chi connectivity index (χ3n) is 5.25. The third kappa shape index (κ3) is 2.93. The van der Waals surface area contributed by atoms with Gasteiger partial charge < -0.3 is 4.90 Å². The number of amides is 1. The summed E-state index contributed by atoms with van der Waals surface area (Å²) in [5.74, 6) is -0.0105. The molecule has 0 fully saturated rings. The molecule has 0 aliphatic carbocycles. The zero-order valence-electron chi connectivity index (χ0n) is 15.3. The minimum atomic E-state index is -0.0105. The topological polar surface area (TPSA) is 74.8 Å². The molecule has 4 aromatic rings. The number of nitrogens with one attached hydrogen (secondary N) is 1. The van der Waals surface area contributed by atoms with Gasteiger partial charge in [-0.2, -0.15) is 5.10 Å². The summed E-state index contributed by atoms with van der Waals surface area (Å²) in [5.41, 5.74) is 6.47. The second-order valence-electron chi connectivity index (χ2n) is 7.00. The SMILES string of the molecule is O=C(c1cccc2nccnc12)N1CCc2[nH]nc(Cc3ccccc3)c2C1. The summed E-state index contributed by atoms with van der Waals surface area (Å²) in [5, 5.41) is 7.69. The molecule has 5 rings (SSSR count). The van der Waals surface area contributed by atoms with Crippen LogP contribution in [0, 0.1) is 0 Å². The maximum absolute atomic E-state index is 13.2. The Hall–Kier alpha value is -3.54. The van der Waals surface area contributed by atoms with Gasteiger partial charge >= 0.3 is 0 Å². The van der Waals surface area contributed by atoms with Gasteiger partial charge in [-0.3, -0.25) is 19.9 Å². The Labute approximate surface area is 162 Å². The van der Waals surface area contributed by atoms with Gasteiger partial charge in [0.1, 0.15) is 5.52 Å². The van der Waals surface area contributed by atoms with Crippen LogP contribution < -0.4 is 0 Å². The predicted octanol–water partition coefficient (Wildman–Crippen LogP) is 3.14. The van der Waals surface area contributed by atoms with E-state index in [0.717, 1.165) is 35.3 Å². The number of hydrogen-bond donors (Lipinski definition) is 1.